The summed E-state index contributed by atoms with van der Waals surface area (Å²) in [6, 6.07) is 9.25. The molecule has 0 aliphatic rings. The van der Waals surface area contributed by atoms with E-state index in [1.165, 1.54) is 6.33 Å². The zero-order valence-corrected chi connectivity index (χ0v) is 16.8. The Labute approximate surface area is 170 Å². The van der Waals surface area contributed by atoms with Crippen molar-refractivity contribution in [1.29, 1.82) is 0 Å². The van der Waals surface area contributed by atoms with E-state index in [4.69, 9.17) is 16.3 Å². The average molecular weight is 413 g/mol. The summed E-state index contributed by atoms with van der Waals surface area (Å²) in [4.78, 5) is 18.5. The van der Waals surface area contributed by atoms with E-state index in [1.54, 1.807) is 17.4 Å². The number of pyridine rings is 1. The van der Waals surface area contributed by atoms with Crippen molar-refractivity contribution in [2.24, 2.45) is 0 Å². The molecule has 0 radical (unpaired) electrons. The van der Waals surface area contributed by atoms with Gasteiger partial charge in [-0.15, -0.1) is 11.3 Å². The first-order valence-electron chi connectivity index (χ1n) is 8.52. The van der Waals surface area contributed by atoms with E-state index in [0.717, 1.165) is 26.9 Å². The summed E-state index contributed by atoms with van der Waals surface area (Å²) in [7, 11) is 1.82. The van der Waals surface area contributed by atoms with E-state index >= 15 is 0 Å². The SMILES string of the molecule is CNc1ccc2ncnc(Nc3ccc(OCc4ncc(C)s4)c(Cl)c3)c2n1. The molecule has 0 fully saturated rings. The topological polar surface area (TPSA) is 84.9 Å². The standard InChI is InChI=1S/C19H17ClN6OS/c1-11-8-22-17(28-11)9-27-15-5-3-12(7-13(15)20)25-19-18-14(23-10-24-19)4-6-16(21-2)26-18/h3-8,10H,9H2,1-2H3,(H,21,26)(H,23,24,25). The maximum atomic E-state index is 6.39. The molecule has 0 aliphatic heterocycles. The van der Waals surface area contributed by atoms with Crippen molar-refractivity contribution >= 4 is 51.3 Å². The molecule has 1 aromatic carbocycles. The minimum atomic E-state index is 0.387. The fourth-order valence-corrected chi connectivity index (χ4v) is 3.55. The molecule has 0 bridgehead atoms. The number of aryl methyl sites for hydroxylation is 1. The lowest BCUT2D eigenvalue weighted by Gasteiger charge is -2.11. The van der Waals surface area contributed by atoms with Gasteiger partial charge in [-0.2, -0.15) is 0 Å². The van der Waals surface area contributed by atoms with Gasteiger partial charge in [0.25, 0.3) is 0 Å². The van der Waals surface area contributed by atoms with Crippen LogP contribution in [-0.2, 0) is 6.61 Å². The lowest BCUT2D eigenvalue weighted by atomic mass is 10.3. The lowest BCUT2D eigenvalue weighted by Crippen LogP contribution is -2.00. The number of nitrogens with zero attached hydrogens (tertiary/aromatic N) is 4. The van der Waals surface area contributed by atoms with Crippen LogP contribution in [0.1, 0.15) is 9.88 Å². The zero-order valence-electron chi connectivity index (χ0n) is 15.2. The van der Waals surface area contributed by atoms with Crippen molar-refractivity contribution in [2.75, 3.05) is 17.7 Å². The van der Waals surface area contributed by atoms with Crippen LogP contribution in [-0.4, -0.2) is 27.0 Å². The summed E-state index contributed by atoms with van der Waals surface area (Å²) in [6.07, 6.45) is 3.33. The Kier molecular flexibility index (Phi) is 5.23. The van der Waals surface area contributed by atoms with Gasteiger partial charge in [0.05, 0.1) is 10.5 Å². The zero-order chi connectivity index (χ0) is 19.5. The van der Waals surface area contributed by atoms with Gasteiger partial charge in [0.1, 0.15) is 35.0 Å². The van der Waals surface area contributed by atoms with Gasteiger partial charge in [0.15, 0.2) is 5.82 Å². The Hall–Kier alpha value is -2.97. The number of thiazole rings is 1. The Bertz CT molecular complexity index is 1130. The van der Waals surface area contributed by atoms with E-state index in [0.29, 0.717) is 28.7 Å². The van der Waals surface area contributed by atoms with Gasteiger partial charge in [-0.05, 0) is 37.3 Å². The van der Waals surface area contributed by atoms with Gasteiger partial charge < -0.3 is 15.4 Å². The van der Waals surface area contributed by atoms with Gasteiger partial charge >= 0.3 is 0 Å². The summed E-state index contributed by atoms with van der Waals surface area (Å²) in [5, 5.41) is 7.68. The first kappa shape index (κ1) is 18.4. The molecule has 0 spiro atoms. The summed E-state index contributed by atoms with van der Waals surface area (Å²) in [6.45, 7) is 2.40. The number of hydrogen-bond donors (Lipinski definition) is 2. The maximum Gasteiger partial charge on any atom is 0.160 e. The second-order valence-corrected chi connectivity index (χ2v) is 7.69. The normalized spacial score (nSPS) is 10.8. The summed E-state index contributed by atoms with van der Waals surface area (Å²) in [5.74, 6) is 1.94. The van der Waals surface area contributed by atoms with Crippen molar-refractivity contribution < 1.29 is 4.74 Å². The number of aromatic nitrogens is 4. The van der Waals surface area contributed by atoms with Crippen LogP contribution < -0.4 is 15.4 Å². The molecular formula is C19H17ClN6OS. The summed E-state index contributed by atoms with van der Waals surface area (Å²) < 4.78 is 5.78. The van der Waals surface area contributed by atoms with Crippen LogP contribution >= 0.6 is 22.9 Å². The van der Waals surface area contributed by atoms with Gasteiger partial charge in [-0.25, -0.2) is 19.9 Å². The molecule has 0 saturated heterocycles. The predicted molar refractivity (Wildman–Crippen MR) is 113 cm³/mol. The number of fused-ring (bicyclic) bond motifs is 1. The highest BCUT2D eigenvalue weighted by molar-refractivity contribution is 7.11. The monoisotopic (exact) mass is 412 g/mol. The molecule has 4 aromatic rings. The maximum absolute atomic E-state index is 6.39. The van der Waals surface area contributed by atoms with Crippen LogP contribution in [0, 0.1) is 6.92 Å². The highest BCUT2D eigenvalue weighted by Gasteiger charge is 2.09. The molecule has 7 nitrogen and oxygen atoms in total. The fourth-order valence-electron chi connectivity index (χ4n) is 2.61. The number of anilines is 3. The van der Waals surface area contributed by atoms with E-state index in [-0.39, 0.29) is 0 Å². The minimum Gasteiger partial charge on any atom is -0.485 e. The average Bonchev–Trinajstić information content (AvgIpc) is 3.12. The Morgan fingerprint density at radius 3 is 2.79 bits per heavy atom. The Balaban J connectivity index is 1.54. The number of benzene rings is 1. The van der Waals surface area contributed by atoms with Crippen molar-refractivity contribution in [3.63, 3.8) is 0 Å². The van der Waals surface area contributed by atoms with Crippen LogP contribution in [0.15, 0.2) is 42.9 Å². The van der Waals surface area contributed by atoms with Gasteiger partial charge in [-0.1, -0.05) is 11.6 Å². The molecule has 4 rings (SSSR count). The molecule has 0 saturated carbocycles. The Morgan fingerprint density at radius 1 is 1.14 bits per heavy atom. The van der Waals surface area contributed by atoms with E-state index in [9.17, 15) is 0 Å². The molecule has 28 heavy (non-hydrogen) atoms. The molecule has 0 amide bonds. The molecule has 3 heterocycles. The van der Waals surface area contributed by atoms with E-state index < -0.39 is 0 Å². The Morgan fingerprint density at radius 2 is 2.04 bits per heavy atom. The lowest BCUT2D eigenvalue weighted by molar-refractivity contribution is 0.306. The van der Waals surface area contributed by atoms with Crippen LogP contribution in [0.2, 0.25) is 5.02 Å². The summed E-state index contributed by atoms with van der Waals surface area (Å²) >= 11 is 8.00. The molecule has 0 aliphatic carbocycles. The fraction of sp³-hybridized carbons (Fsp3) is 0.158. The van der Waals surface area contributed by atoms with Crippen LogP contribution in [0.5, 0.6) is 5.75 Å². The van der Waals surface area contributed by atoms with Gasteiger partial charge in [-0.3, -0.25) is 0 Å². The molecule has 0 atom stereocenters. The highest BCUT2D eigenvalue weighted by Crippen LogP contribution is 2.31. The van der Waals surface area contributed by atoms with Crippen molar-refractivity contribution in [3.05, 3.63) is 57.8 Å². The van der Waals surface area contributed by atoms with Crippen LogP contribution in [0.4, 0.5) is 17.3 Å². The quantitative estimate of drug-likeness (QED) is 0.470. The third kappa shape index (κ3) is 3.97. The molecule has 2 N–H and O–H groups in total. The molecular weight excluding hydrogens is 396 g/mol. The number of halogens is 1. The van der Waals surface area contributed by atoms with E-state index in [2.05, 4.69) is 30.6 Å². The predicted octanol–water partition coefficient (Wildman–Crippen LogP) is 4.81. The van der Waals surface area contributed by atoms with Crippen molar-refractivity contribution in [1.82, 2.24) is 19.9 Å². The van der Waals surface area contributed by atoms with Gasteiger partial charge in [0.2, 0.25) is 0 Å². The number of rotatable bonds is 6. The third-order valence-electron chi connectivity index (χ3n) is 3.95. The second kappa shape index (κ2) is 7.95. The minimum absolute atomic E-state index is 0.387. The molecule has 0 unspecified atom stereocenters. The molecule has 3 aromatic heterocycles. The van der Waals surface area contributed by atoms with Crippen molar-refractivity contribution in [2.45, 2.75) is 13.5 Å². The number of ether oxygens (including phenoxy) is 1. The van der Waals surface area contributed by atoms with Crippen LogP contribution in [0.3, 0.4) is 0 Å². The second-order valence-electron chi connectivity index (χ2n) is 5.96. The number of nitrogens with one attached hydrogen (secondary N) is 2. The van der Waals surface area contributed by atoms with Crippen molar-refractivity contribution in [3.8, 4) is 5.75 Å². The van der Waals surface area contributed by atoms with E-state index in [1.807, 2.05) is 44.4 Å². The van der Waals surface area contributed by atoms with Crippen LogP contribution in [0.25, 0.3) is 11.0 Å². The highest BCUT2D eigenvalue weighted by atomic mass is 35.5. The largest absolute Gasteiger partial charge is 0.485 e. The molecule has 142 valence electrons. The first-order chi connectivity index (χ1) is 13.6. The third-order valence-corrected chi connectivity index (χ3v) is 5.13. The number of hydrogen-bond acceptors (Lipinski definition) is 8. The molecule has 9 heteroatoms. The summed E-state index contributed by atoms with van der Waals surface area (Å²) in [5.41, 5.74) is 2.20. The van der Waals surface area contributed by atoms with Gasteiger partial charge in [0, 0.05) is 23.8 Å². The smallest absolute Gasteiger partial charge is 0.160 e. The first-order valence-corrected chi connectivity index (χ1v) is 9.72.